The molecule has 2 rings (SSSR count). The highest BCUT2D eigenvalue weighted by molar-refractivity contribution is 7.98. The molecule has 0 spiro atoms. The van der Waals surface area contributed by atoms with Crippen LogP contribution in [0.2, 0.25) is 0 Å². The zero-order chi connectivity index (χ0) is 24.1. The lowest BCUT2D eigenvalue weighted by atomic mass is 10.1. The first-order valence-corrected chi connectivity index (χ1v) is 10.7. The predicted octanol–water partition coefficient (Wildman–Crippen LogP) is 1.05. The second kappa shape index (κ2) is 10.4. The molecule has 1 unspecified atom stereocenters. The number of benzene rings is 1. The van der Waals surface area contributed by atoms with Gasteiger partial charge in [-0.1, -0.05) is 0 Å². The Balaban J connectivity index is 2.36. The molecule has 1 aromatic rings. The maximum atomic E-state index is 12.8. The highest BCUT2D eigenvalue weighted by Crippen LogP contribution is 2.31. The Kier molecular flexibility index (Phi) is 8.19. The number of hydrogen-bond donors (Lipinski definition) is 4. The Labute approximate surface area is 188 Å². The Morgan fingerprint density at radius 2 is 1.94 bits per heavy atom. The van der Waals surface area contributed by atoms with Crippen LogP contribution in [0.15, 0.2) is 12.1 Å². The summed E-state index contributed by atoms with van der Waals surface area (Å²) in [6.45, 7) is 4.30. The van der Waals surface area contributed by atoms with Crippen LogP contribution in [0.5, 0.6) is 11.5 Å². The Hall–Kier alpha value is -3.15. The molecule has 4 N–H and O–H groups in total. The molecule has 0 saturated carbocycles. The molecule has 0 bridgehead atoms. The minimum absolute atomic E-state index is 0.0480. The fraction of sp³-hybridized carbons (Fsp3) is 0.500. The van der Waals surface area contributed by atoms with Crippen LogP contribution in [0.3, 0.4) is 0 Å². The summed E-state index contributed by atoms with van der Waals surface area (Å²) in [4.78, 5) is 49.7. The van der Waals surface area contributed by atoms with E-state index in [0.717, 1.165) is 31.0 Å². The van der Waals surface area contributed by atoms with Crippen LogP contribution in [0.4, 0.5) is 4.79 Å². The highest BCUT2D eigenvalue weighted by atomic mass is 32.2. The van der Waals surface area contributed by atoms with Gasteiger partial charge in [-0.05, 0) is 26.8 Å². The van der Waals surface area contributed by atoms with Crippen molar-refractivity contribution in [2.75, 3.05) is 19.5 Å². The maximum Gasteiger partial charge on any atom is 0.408 e. The maximum absolute atomic E-state index is 12.8. The van der Waals surface area contributed by atoms with Crippen LogP contribution in [-0.2, 0) is 29.6 Å². The quantitative estimate of drug-likeness (QED) is 0.363. The van der Waals surface area contributed by atoms with Crippen LogP contribution in [0.25, 0.3) is 0 Å². The molecule has 2 atom stereocenters. The molecule has 32 heavy (non-hydrogen) atoms. The summed E-state index contributed by atoms with van der Waals surface area (Å²) in [5.74, 6) is -2.98. The minimum atomic E-state index is -1.39. The number of esters is 2. The van der Waals surface area contributed by atoms with E-state index in [1.54, 1.807) is 20.8 Å². The largest absolute Gasteiger partial charge is 0.508 e. The molecular formula is C20H26N2O9S. The van der Waals surface area contributed by atoms with Crippen molar-refractivity contribution in [3.05, 3.63) is 23.3 Å². The van der Waals surface area contributed by atoms with Gasteiger partial charge in [0.05, 0.1) is 12.7 Å². The zero-order valence-electron chi connectivity index (χ0n) is 18.1. The SMILES string of the molecule is COC(=O)[C@@H]1CSCc2c(O)cc(O)cc2C(=O)OCC(NC(=O)OC(C)(C)C)C(=O)N1. The summed E-state index contributed by atoms with van der Waals surface area (Å²) in [5, 5.41) is 24.7. The number of cyclic esters (lactones) is 1. The molecule has 1 aromatic carbocycles. The van der Waals surface area contributed by atoms with Crippen LogP contribution >= 0.6 is 11.8 Å². The third-order valence-corrected chi connectivity index (χ3v) is 5.21. The van der Waals surface area contributed by atoms with Gasteiger partial charge < -0.3 is 35.1 Å². The van der Waals surface area contributed by atoms with Gasteiger partial charge in [0.15, 0.2) is 0 Å². The third-order valence-electron chi connectivity index (χ3n) is 4.15. The molecule has 2 amide bonds. The number of phenolic OH excluding ortho intramolecular Hbond substituents is 2. The van der Waals surface area contributed by atoms with E-state index >= 15 is 0 Å². The molecule has 176 valence electrons. The molecule has 11 nitrogen and oxygen atoms in total. The smallest absolute Gasteiger partial charge is 0.408 e. The molecule has 0 fully saturated rings. The molecule has 12 heteroatoms. The van der Waals surface area contributed by atoms with Crippen molar-refractivity contribution in [1.82, 2.24) is 10.6 Å². The minimum Gasteiger partial charge on any atom is -0.508 e. The van der Waals surface area contributed by atoms with Gasteiger partial charge >= 0.3 is 18.0 Å². The van der Waals surface area contributed by atoms with Crippen molar-refractivity contribution < 1.29 is 43.6 Å². The van der Waals surface area contributed by atoms with E-state index in [-0.39, 0.29) is 34.1 Å². The standard InChI is InChI=1S/C20H26N2O9S/c1-20(2,3)31-19(28)22-13-7-30-17(26)11-5-10(23)6-15(24)12(11)8-32-9-14(18(27)29-4)21-16(13)25/h5-6,13-14,23-24H,7-9H2,1-4H3,(H,21,25)(H,22,28)/t13?,14-/m0/s1. The lowest BCUT2D eigenvalue weighted by Crippen LogP contribution is -2.55. The fourth-order valence-corrected chi connectivity index (χ4v) is 3.79. The lowest BCUT2D eigenvalue weighted by Gasteiger charge is -2.25. The van der Waals surface area contributed by atoms with Crippen molar-refractivity contribution >= 4 is 35.7 Å². The molecule has 1 aliphatic heterocycles. The van der Waals surface area contributed by atoms with Crippen molar-refractivity contribution in [2.24, 2.45) is 0 Å². The Morgan fingerprint density at radius 1 is 1.25 bits per heavy atom. The van der Waals surface area contributed by atoms with Gasteiger partial charge in [-0.2, -0.15) is 11.8 Å². The van der Waals surface area contributed by atoms with Gasteiger partial charge in [-0.3, -0.25) is 4.79 Å². The number of carbonyl (C=O) groups excluding carboxylic acids is 4. The number of phenols is 2. The first kappa shape index (κ1) is 25.1. The van der Waals surface area contributed by atoms with Gasteiger partial charge in [-0.15, -0.1) is 0 Å². The number of alkyl carbamates (subject to hydrolysis) is 1. The number of carbonyl (C=O) groups is 4. The van der Waals surface area contributed by atoms with Crippen molar-refractivity contribution in [3.8, 4) is 11.5 Å². The monoisotopic (exact) mass is 470 g/mol. The Morgan fingerprint density at radius 3 is 2.56 bits per heavy atom. The number of methoxy groups -OCH3 is 1. The van der Waals surface area contributed by atoms with Crippen LogP contribution < -0.4 is 10.6 Å². The van der Waals surface area contributed by atoms with Crippen LogP contribution in [0.1, 0.15) is 36.7 Å². The van der Waals surface area contributed by atoms with Crippen molar-refractivity contribution in [1.29, 1.82) is 0 Å². The normalized spacial score (nSPS) is 19.9. The summed E-state index contributed by atoms with van der Waals surface area (Å²) in [7, 11) is 1.16. The molecule has 0 aliphatic carbocycles. The van der Waals surface area contributed by atoms with Crippen molar-refractivity contribution in [3.63, 3.8) is 0 Å². The number of amides is 2. The number of aromatic hydroxyl groups is 2. The number of hydrogen-bond acceptors (Lipinski definition) is 10. The van der Waals surface area contributed by atoms with Crippen LogP contribution in [0, 0.1) is 0 Å². The van der Waals surface area contributed by atoms with E-state index in [9.17, 15) is 29.4 Å². The summed E-state index contributed by atoms with van der Waals surface area (Å²) in [5.41, 5.74) is -0.770. The average molecular weight is 471 g/mol. The number of ether oxygens (including phenoxy) is 3. The average Bonchev–Trinajstić information content (AvgIpc) is 2.68. The van der Waals surface area contributed by atoms with Gasteiger partial charge in [0.2, 0.25) is 5.91 Å². The van der Waals surface area contributed by atoms with E-state index in [0.29, 0.717) is 0 Å². The summed E-state index contributed by atoms with van der Waals surface area (Å²) < 4.78 is 15.0. The first-order valence-electron chi connectivity index (χ1n) is 9.58. The molecular weight excluding hydrogens is 444 g/mol. The summed E-state index contributed by atoms with van der Waals surface area (Å²) >= 11 is 1.13. The van der Waals surface area contributed by atoms with E-state index in [1.165, 1.54) is 0 Å². The fourth-order valence-electron chi connectivity index (χ4n) is 2.71. The Bertz CT molecular complexity index is 898. The second-order valence-electron chi connectivity index (χ2n) is 7.89. The van der Waals surface area contributed by atoms with Crippen LogP contribution in [-0.4, -0.2) is 71.3 Å². The van der Waals surface area contributed by atoms with Gasteiger partial charge in [0.25, 0.3) is 0 Å². The van der Waals surface area contributed by atoms with Gasteiger partial charge in [0, 0.05) is 23.1 Å². The zero-order valence-corrected chi connectivity index (χ0v) is 18.9. The van der Waals surface area contributed by atoms with E-state index in [1.807, 2.05) is 0 Å². The number of nitrogens with one attached hydrogen (secondary N) is 2. The summed E-state index contributed by atoms with van der Waals surface area (Å²) in [6, 6.07) is -0.263. The second-order valence-corrected chi connectivity index (χ2v) is 8.92. The van der Waals surface area contributed by atoms with E-state index in [4.69, 9.17) is 14.2 Å². The van der Waals surface area contributed by atoms with Gasteiger partial charge in [-0.25, -0.2) is 14.4 Å². The molecule has 0 radical (unpaired) electrons. The van der Waals surface area contributed by atoms with Gasteiger partial charge in [0.1, 0.15) is 35.8 Å². The lowest BCUT2D eigenvalue weighted by molar-refractivity contribution is -0.144. The number of thioether (sulfide) groups is 1. The summed E-state index contributed by atoms with van der Waals surface area (Å²) in [6.07, 6.45) is -0.930. The number of rotatable bonds is 2. The number of fused-ring (bicyclic) bond motifs is 1. The predicted molar refractivity (Wildman–Crippen MR) is 113 cm³/mol. The van der Waals surface area contributed by atoms with Crippen molar-refractivity contribution in [2.45, 2.75) is 44.2 Å². The first-order chi connectivity index (χ1) is 14.9. The van der Waals surface area contributed by atoms with E-state index < -0.39 is 48.2 Å². The van der Waals surface area contributed by atoms with E-state index in [2.05, 4.69) is 10.6 Å². The topological polar surface area (TPSA) is 160 Å². The molecule has 1 aliphatic rings. The molecule has 1 heterocycles. The molecule has 0 aromatic heterocycles. The third kappa shape index (κ3) is 6.94. The highest BCUT2D eigenvalue weighted by Gasteiger charge is 2.31. The molecule has 0 saturated heterocycles.